The molecule has 1 saturated carbocycles. The highest BCUT2D eigenvalue weighted by Gasteiger charge is 2.38. The van der Waals surface area contributed by atoms with Crippen LogP contribution < -0.4 is 16.0 Å². The fourth-order valence-corrected chi connectivity index (χ4v) is 3.06. The van der Waals surface area contributed by atoms with Gasteiger partial charge in [0.2, 0.25) is 5.91 Å². The Kier molecular flexibility index (Phi) is 7.73. The fraction of sp³-hybridized carbons (Fsp3) is 0.579. The largest absolute Gasteiger partial charge is 0.383 e. The lowest BCUT2D eigenvalue weighted by atomic mass is 9.64. The zero-order chi connectivity index (χ0) is 18.0. The first kappa shape index (κ1) is 19.2. The Morgan fingerprint density at radius 2 is 1.96 bits per heavy atom. The van der Waals surface area contributed by atoms with Gasteiger partial charge in [-0.25, -0.2) is 4.99 Å². The molecule has 0 saturated heterocycles. The Labute approximate surface area is 150 Å². The number of hydrogen-bond donors (Lipinski definition) is 3. The number of nitrogens with zero attached hydrogens (tertiary/aromatic N) is 1. The predicted molar refractivity (Wildman–Crippen MR) is 101 cm³/mol. The Bertz CT molecular complexity index is 556. The van der Waals surface area contributed by atoms with Gasteiger partial charge >= 0.3 is 0 Å². The van der Waals surface area contributed by atoms with E-state index in [1.165, 1.54) is 24.8 Å². The second-order valence-corrected chi connectivity index (χ2v) is 6.39. The van der Waals surface area contributed by atoms with E-state index in [1.807, 2.05) is 6.92 Å². The van der Waals surface area contributed by atoms with E-state index in [0.29, 0.717) is 19.1 Å². The molecule has 25 heavy (non-hydrogen) atoms. The number of guanidine groups is 1. The Morgan fingerprint density at radius 1 is 1.20 bits per heavy atom. The predicted octanol–water partition coefficient (Wildman–Crippen LogP) is 1.43. The SMILES string of the molecule is CCNC(=NCC(=O)NCCOC)NCC1(c2ccccc2)CCC1. The van der Waals surface area contributed by atoms with Crippen LogP contribution in [0.3, 0.4) is 0 Å². The van der Waals surface area contributed by atoms with Gasteiger partial charge in [-0.05, 0) is 25.3 Å². The summed E-state index contributed by atoms with van der Waals surface area (Å²) in [6.45, 7) is 4.73. The zero-order valence-corrected chi connectivity index (χ0v) is 15.3. The van der Waals surface area contributed by atoms with E-state index in [4.69, 9.17) is 4.74 Å². The number of hydrogen-bond acceptors (Lipinski definition) is 3. The summed E-state index contributed by atoms with van der Waals surface area (Å²) in [5.41, 5.74) is 1.56. The minimum absolute atomic E-state index is 0.101. The molecule has 1 aliphatic carbocycles. The highest BCUT2D eigenvalue weighted by atomic mass is 16.5. The average molecular weight is 346 g/mol. The van der Waals surface area contributed by atoms with E-state index in [-0.39, 0.29) is 17.9 Å². The summed E-state index contributed by atoms with van der Waals surface area (Å²) in [6.07, 6.45) is 3.62. The monoisotopic (exact) mass is 346 g/mol. The van der Waals surface area contributed by atoms with Crippen molar-refractivity contribution >= 4 is 11.9 Å². The van der Waals surface area contributed by atoms with Crippen molar-refractivity contribution < 1.29 is 9.53 Å². The molecule has 0 heterocycles. The summed E-state index contributed by atoms with van der Waals surface area (Å²) in [5.74, 6) is 0.585. The number of nitrogens with one attached hydrogen (secondary N) is 3. The normalized spacial score (nSPS) is 16.0. The number of aliphatic imine (C=N–C) groups is 1. The number of rotatable bonds is 9. The second-order valence-electron chi connectivity index (χ2n) is 6.39. The number of amides is 1. The van der Waals surface area contributed by atoms with Crippen LogP contribution in [0.15, 0.2) is 35.3 Å². The minimum atomic E-state index is -0.101. The second kappa shape index (κ2) is 10.0. The maximum Gasteiger partial charge on any atom is 0.241 e. The quantitative estimate of drug-likeness (QED) is 0.359. The number of benzene rings is 1. The van der Waals surface area contributed by atoms with Crippen LogP contribution in [0, 0.1) is 0 Å². The molecule has 1 aliphatic rings. The minimum Gasteiger partial charge on any atom is -0.383 e. The number of methoxy groups -OCH3 is 1. The van der Waals surface area contributed by atoms with E-state index < -0.39 is 0 Å². The Hall–Kier alpha value is -2.08. The molecule has 0 radical (unpaired) electrons. The van der Waals surface area contributed by atoms with Gasteiger partial charge in [0.25, 0.3) is 0 Å². The molecule has 0 aromatic heterocycles. The van der Waals surface area contributed by atoms with E-state index in [0.717, 1.165) is 13.1 Å². The molecular formula is C19H30N4O2. The molecule has 6 heteroatoms. The Balaban J connectivity index is 1.90. The Morgan fingerprint density at radius 3 is 2.56 bits per heavy atom. The van der Waals surface area contributed by atoms with Crippen LogP contribution in [0.1, 0.15) is 31.7 Å². The molecule has 1 aromatic carbocycles. The first-order valence-electron chi connectivity index (χ1n) is 9.03. The van der Waals surface area contributed by atoms with Crippen LogP contribution in [0.25, 0.3) is 0 Å². The van der Waals surface area contributed by atoms with Crippen molar-refractivity contribution in [3.63, 3.8) is 0 Å². The topological polar surface area (TPSA) is 74.8 Å². The lowest BCUT2D eigenvalue weighted by Gasteiger charge is -2.43. The first-order chi connectivity index (χ1) is 12.2. The highest BCUT2D eigenvalue weighted by Crippen LogP contribution is 2.43. The molecular weight excluding hydrogens is 316 g/mol. The van der Waals surface area contributed by atoms with Crippen molar-refractivity contribution in [3.05, 3.63) is 35.9 Å². The average Bonchev–Trinajstić information content (AvgIpc) is 2.60. The molecule has 0 unspecified atom stereocenters. The molecule has 1 amide bonds. The molecule has 0 bridgehead atoms. The van der Waals surface area contributed by atoms with E-state index in [2.05, 4.69) is 51.3 Å². The van der Waals surface area contributed by atoms with Crippen molar-refractivity contribution in [2.24, 2.45) is 4.99 Å². The van der Waals surface area contributed by atoms with Crippen LogP contribution in [0.4, 0.5) is 0 Å². The standard InChI is InChI=1S/C19H30N4O2/c1-3-20-18(22-14-17(24)21-12-13-25-2)23-15-19(10-7-11-19)16-8-5-4-6-9-16/h4-6,8-9H,3,7,10-15H2,1-2H3,(H,21,24)(H2,20,22,23). The van der Waals surface area contributed by atoms with Crippen LogP contribution in [0.5, 0.6) is 0 Å². The van der Waals surface area contributed by atoms with E-state index in [1.54, 1.807) is 7.11 Å². The van der Waals surface area contributed by atoms with Crippen molar-refractivity contribution in [3.8, 4) is 0 Å². The van der Waals surface area contributed by atoms with Gasteiger partial charge in [-0.15, -0.1) is 0 Å². The third-order valence-electron chi connectivity index (χ3n) is 4.64. The molecule has 0 spiro atoms. The van der Waals surface area contributed by atoms with Gasteiger partial charge in [-0.1, -0.05) is 36.8 Å². The van der Waals surface area contributed by atoms with Crippen LogP contribution in [0.2, 0.25) is 0 Å². The first-order valence-corrected chi connectivity index (χ1v) is 9.03. The molecule has 2 rings (SSSR count). The van der Waals surface area contributed by atoms with Gasteiger partial charge in [0, 0.05) is 32.2 Å². The van der Waals surface area contributed by atoms with Gasteiger partial charge in [-0.3, -0.25) is 4.79 Å². The molecule has 3 N–H and O–H groups in total. The van der Waals surface area contributed by atoms with Gasteiger partial charge in [-0.2, -0.15) is 0 Å². The molecule has 1 fully saturated rings. The molecule has 1 aromatic rings. The van der Waals surface area contributed by atoms with Gasteiger partial charge in [0.05, 0.1) is 6.61 Å². The number of carbonyl (C=O) groups excluding carboxylic acids is 1. The van der Waals surface area contributed by atoms with E-state index in [9.17, 15) is 4.79 Å². The van der Waals surface area contributed by atoms with Gasteiger partial charge in [0.1, 0.15) is 6.54 Å². The molecule has 0 atom stereocenters. The van der Waals surface area contributed by atoms with Crippen LogP contribution in [-0.2, 0) is 14.9 Å². The zero-order valence-electron chi connectivity index (χ0n) is 15.3. The van der Waals surface area contributed by atoms with Gasteiger partial charge < -0.3 is 20.7 Å². The number of carbonyl (C=O) groups is 1. The smallest absolute Gasteiger partial charge is 0.241 e. The highest BCUT2D eigenvalue weighted by molar-refractivity contribution is 5.84. The van der Waals surface area contributed by atoms with Crippen molar-refractivity contribution in [1.82, 2.24) is 16.0 Å². The summed E-state index contributed by atoms with van der Waals surface area (Å²) >= 11 is 0. The summed E-state index contributed by atoms with van der Waals surface area (Å²) in [6, 6.07) is 10.7. The maximum atomic E-state index is 11.8. The fourth-order valence-electron chi connectivity index (χ4n) is 3.06. The summed E-state index contributed by atoms with van der Waals surface area (Å²) < 4.78 is 4.92. The molecule has 138 valence electrons. The third-order valence-corrected chi connectivity index (χ3v) is 4.64. The summed E-state index contributed by atoms with van der Waals surface area (Å²) in [5, 5.41) is 9.41. The number of ether oxygens (including phenoxy) is 1. The van der Waals surface area contributed by atoms with Crippen molar-refractivity contribution in [2.45, 2.75) is 31.6 Å². The van der Waals surface area contributed by atoms with Crippen LogP contribution in [-0.4, -0.2) is 51.8 Å². The maximum absolute atomic E-state index is 11.8. The molecule has 0 aliphatic heterocycles. The van der Waals surface area contributed by atoms with Crippen molar-refractivity contribution in [2.75, 3.05) is 39.9 Å². The van der Waals surface area contributed by atoms with Crippen LogP contribution >= 0.6 is 0 Å². The van der Waals surface area contributed by atoms with Gasteiger partial charge in [0.15, 0.2) is 5.96 Å². The van der Waals surface area contributed by atoms with Crippen molar-refractivity contribution in [1.29, 1.82) is 0 Å². The third kappa shape index (κ3) is 5.74. The lowest BCUT2D eigenvalue weighted by molar-refractivity contribution is -0.119. The summed E-state index contributed by atoms with van der Waals surface area (Å²) in [4.78, 5) is 16.2. The lowest BCUT2D eigenvalue weighted by Crippen LogP contribution is -2.49. The molecule has 6 nitrogen and oxygen atoms in total. The summed E-state index contributed by atoms with van der Waals surface area (Å²) in [7, 11) is 1.61. The van der Waals surface area contributed by atoms with E-state index >= 15 is 0 Å².